The number of likely N-dealkylation sites (tertiary alicyclic amines) is 1. The van der Waals surface area contributed by atoms with Gasteiger partial charge in [0.05, 0.1) is 16.5 Å². The predicted octanol–water partition coefficient (Wildman–Crippen LogP) is 5.33. The van der Waals surface area contributed by atoms with E-state index in [1.54, 1.807) is 13.2 Å². The highest BCUT2D eigenvalue weighted by atomic mass is 32.2. The predicted molar refractivity (Wildman–Crippen MR) is 188 cm³/mol. The van der Waals surface area contributed by atoms with E-state index in [9.17, 15) is 23.4 Å². The van der Waals surface area contributed by atoms with Crippen LogP contribution in [0, 0.1) is 17.2 Å². The van der Waals surface area contributed by atoms with Crippen molar-refractivity contribution in [1.82, 2.24) is 14.6 Å². The maximum absolute atomic E-state index is 13.8. The molecular weight excluding hydrogens is 644 g/mol. The number of carbonyl (C=O) groups is 2. The molecule has 2 saturated heterocycles. The number of sulfonamides is 1. The van der Waals surface area contributed by atoms with E-state index in [4.69, 9.17) is 9.47 Å². The van der Waals surface area contributed by atoms with Crippen LogP contribution in [0.1, 0.15) is 60.1 Å². The van der Waals surface area contributed by atoms with Crippen LogP contribution in [0.3, 0.4) is 0 Å². The number of piperidine rings is 1. The lowest BCUT2D eigenvalue weighted by Gasteiger charge is -2.36. The maximum Gasteiger partial charge on any atom is 0.410 e. The lowest BCUT2D eigenvalue weighted by Crippen LogP contribution is -2.41. The Balaban J connectivity index is 1.24. The molecule has 0 spiro atoms. The third-order valence-corrected chi connectivity index (χ3v) is 11.4. The van der Waals surface area contributed by atoms with Crippen molar-refractivity contribution in [2.45, 2.75) is 50.4 Å². The minimum Gasteiger partial charge on any atom is -0.445 e. The average Bonchev–Trinajstić information content (AvgIpc) is 3.59. The fourth-order valence-electron chi connectivity index (χ4n) is 6.61. The number of anilines is 3. The molecule has 1 unspecified atom stereocenters. The summed E-state index contributed by atoms with van der Waals surface area (Å²) in [6.07, 6.45) is 4.22. The molecule has 1 aromatic heterocycles. The van der Waals surface area contributed by atoms with Gasteiger partial charge in [-0.3, -0.25) is 4.79 Å². The van der Waals surface area contributed by atoms with Crippen molar-refractivity contribution in [2.24, 2.45) is 11.8 Å². The molecule has 1 aliphatic carbocycles. The Kier molecular flexibility index (Phi) is 10.8. The van der Waals surface area contributed by atoms with Crippen molar-refractivity contribution in [1.29, 1.82) is 5.41 Å². The molecule has 49 heavy (non-hydrogen) atoms. The Morgan fingerprint density at radius 2 is 1.65 bits per heavy atom. The summed E-state index contributed by atoms with van der Waals surface area (Å²) in [6.45, 7) is 2.25. The zero-order chi connectivity index (χ0) is 34.4. The number of nitrogens with one attached hydrogen (secondary N) is 3. The Morgan fingerprint density at radius 1 is 0.959 bits per heavy atom. The Morgan fingerprint density at radius 3 is 2.31 bits per heavy atom. The molecular formula is C36H44N6O6S. The van der Waals surface area contributed by atoms with E-state index >= 15 is 0 Å². The second-order valence-corrected chi connectivity index (χ2v) is 15.0. The second-order valence-electron chi connectivity index (χ2n) is 13.0. The largest absolute Gasteiger partial charge is 0.445 e. The van der Waals surface area contributed by atoms with Crippen LogP contribution in [0.2, 0.25) is 0 Å². The molecule has 1 atom stereocenters. The topological polar surface area (TPSA) is 154 Å². The van der Waals surface area contributed by atoms with Crippen LogP contribution >= 0.6 is 0 Å². The normalized spacial score (nSPS) is 18.5. The van der Waals surface area contributed by atoms with E-state index in [0.29, 0.717) is 48.4 Å². The second kappa shape index (κ2) is 15.4. The van der Waals surface area contributed by atoms with E-state index < -0.39 is 27.3 Å². The number of para-hydroxylation sites is 1. The Hall–Kier alpha value is -4.49. The quantitative estimate of drug-likeness (QED) is 0.214. The Bertz CT molecular complexity index is 1740. The molecule has 13 heteroatoms. The number of nitrogens with zero attached hydrogens (tertiary/aromatic N) is 3. The number of methoxy groups -OCH3 is 1. The van der Waals surface area contributed by atoms with Crippen molar-refractivity contribution in [3.63, 3.8) is 0 Å². The molecule has 3 N–H and O–H groups in total. The van der Waals surface area contributed by atoms with Crippen LogP contribution in [0.15, 0.2) is 66.7 Å². The number of hydrogen-bond donors (Lipinski definition) is 3. The zero-order valence-corrected chi connectivity index (χ0v) is 28.6. The molecule has 3 fully saturated rings. The van der Waals surface area contributed by atoms with E-state index in [2.05, 4.69) is 19.9 Å². The van der Waals surface area contributed by atoms with Gasteiger partial charge in [0.15, 0.2) is 0 Å². The van der Waals surface area contributed by atoms with Gasteiger partial charge in [0.25, 0.3) is 5.91 Å². The summed E-state index contributed by atoms with van der Waals surface area (Å²) in [5, 5.41) is 11.6. The van der Waals surface area contributed by atoms with Crippen LogP contribution in [0.25, 0.3) is 0 Å². The highest BCUT2D eigenvalue weighted by molar-refractivity contribution is 7.90. The molecule has 2 aromatic carbocycles. The summed E-state index contributed by atoms with van der Waals surface area (Å²) < 4.78 is 40.1. The molecule has 0 bridgehead atoms. The molecule has 6 rings (SSSR count). The Labute approximate surface area is 287 Å². The number of ether oxygens (including phenoxy) is 2. The monoisotopic (exact) mass is 688 g/mol. The summed E-state index contributed by atoms with van der Waals surface area (Å²) in [5.74, 6) is -0.0180. The number of pyridine rings is 1. The molecule has 0 radical (unpaired) electrons. The first-order valence-corrected chi connectivity index (χ1v) is 18.5. The van der Waals surface area contributed by atoms with Gasteiger partial charge >= 0.3 is 6.09 Å². The van der Waals surface area contributed by atoms with Crippen molar-refractivity contribution in [2.75, 3.05) is 50.1 Å². The highest BCUT2D eigenvalue weighted by Gasteiger charge is 2.38. The van der Waals surface area contributed by atoms with Crippen LogP contribution in [0.5, 0.6) is 0 Å². The number of benzene rings is 2. The average molecular weight is 689 g/mol. The third-order valence-electron chi connectivity index (χ3n) is 9.69. The fraction of sp³-hybridized carbons (Fsp3) is 0.444. The molecule has 260 valence electrons. The van der Waals surface area contributed by atoms with Crippen LogP contribution in [-0.2, 0) is 26.1 Å². The summed E-state index contributed by atoms with van der Waals surface area (Å²) in [4.78, 5) is 34.7. The van der Waals surface area contributed by atoms with E-state index in [1.807, 2.05) is 60.7 Å². The number of hydrogen-bond acceptors (Lipinski definition) is 10. The van der Waals surface area contributed by atoms with E-state index in [-0.39, 0.29) is 37.7 Å². The van der Waals surface area contributed by atoms with Crippen molar-refractivity contribution in [3.05, 3.63) is 83.6 Å². The highest BCUT2D eigenvalue weighted by Crippen LogP contribution is 2.38. The number of amides is 2. The standard InChI is InChI=1S/C36H44N6O6S/c1-47-23-26-15-18-41(19-16-26)31-21-30(39-34(38-28-13-6-3-7-14-28)32(31)33(37)27-11-8-12-27)35(43)40-49(45,46)29-17-20-42(22-29)36(44)48-24-25-9-4-2-5-10-25/h2-7,9-10,13-14,21,26-27,29,37H,8,11-12,15-20,22-24H2,1H3,(H,38,39)(H,40,43). The van der Waals surface area contributed by atoms with Gasteiger partial charge in [0.1, 0.15) is 18.1 Å². The molecule has 12 nitrogen and oxygen atoms in total. The van der Waals surface area contributed by atoms with Gasteiger partial charge in [0.2, 0.25) is 10.0 Å². The molecule has 1 saturated carbocycles. The molecule has 2 amide bonds. The minimum absolute atomic E-state index is 0.0710. The first-order valence-electron chi connectivity index (χ1n) is 16.9. The van der Waals surface area contributed by atoms with Gasteiger partial charge in [0, 0.05) is 57.2 Å². The van der Waals surface area contributed by atoms with Gasteiger partial charge < -0.3 is 30.0 Å². The summed E-state index contributed by atoms with van der Waals surface area (Å²) in [7, 11) is -2.47. The smallest absolute Gasteiger partial charge is 0.410 e. The number of rotatable bonds is 12. The van der Waals surface area contributed by atoms with Gasteiger partial charge in [-0.2, -0.15) is 0 Å². The minimum atomic E-state index is -4.18. The fourth-order valence-corrected chi connectivity index (χ4v) is 7.93. The van der Waals surface area contributed by atoms with Gasteiger partial charge in [-0.05, 0) is 61.8 Å². The summed E-state index contributed by atoms with van der Waals surface area (Å²) in [5.41, 5.74) is 3.29. The van der Waals surface area contributed by atoms with Crippen LogP contribution in [-0.4, -0.2) is 81.2 Å². The SMILES string of the molecule is COCC1CCN(c2cc(C(=O)NS(=O)(=O)C3CCN(C(=O)OCc4ccccc4)C3)nc(Nc3ccccc3)c2C(=N)C2CCC2)CC1. The molecule has 3 aromatic rings. The lowest BCUT2D eigenvalue weighted by molar-refractivity contribution is 0.0976. The van der Waals surface area contributed by atoms with Crippen LogP contribution in [0.4, 0.5) is 22.0 Å². The molecule has 3 heterocycles. The lowest BCUT2D eigenvalue weighted by atomic mass is 9.79. The van der Waals surface area contributed by atoms with E-state index in [0.717, 1.165) is 43.4 Å². The third kappa shape index (κ3) is 8.22. The van der Waals surface area contributed by atoms with E-state index in [1.165, 1.54) is 4.90 Å². The van der Waals surface area contributed by atoms with Crippen LogP contribution < -0.4 is 14.9 Å². The number of carbonyl (C=O) groups excluding carboxylic acids is 2. The molecule has 3 aliphatic rings. The van der Waals surface area contributed by atoms with Gasteiger partial charge in [-0.1, -0.05) is 55.0 Å². The van der Waals surface area contributed by atoms with Crippen molar-refractivity contribution >= 4 is 44.9 Å². The van der Waals surface area contributed by atoms with Crippen molar-refractivity contribution in [3.8, 4) is 0 Å². The van der Waals surface area contributed by atoms with Gasteiger partial charge in [-0.25, -0.2) is 22.9 Å². The summed E-state index contributed by atoms with van der Waals surface area (Å²) >= 11 is 0. The maximum atomic E-state index is 13.8. The van der Waals surface area contributed by atoms with Gasteiger partial charge in [-0.15, -0.1) is 0 Å². The van der Waals surface area contributed by atoms with Crippen molar-refractivity contribution < 1.29 is 27.5 Å². The summed E-state index contributed by atoms with van der Waals surface area (Å²) in [6, 6.07) is 20.3. The first-order chi connectivity index (χ1) is 23.7. The number of aromatic nitrogens is 1. The zero-order valence-electron chi connectivity index (χ0n) is 27.8. The first kappa shape index (κ1) is 34.4. The molecule has 2 aliphatic heterocycles.